The molecule has 4 atom stereocenters. The summed E-state index contributed by atoms with van der Waals surface area (Å²) in [6.45, 7) is 4.68. The molecule has 0 aromatic heterocycles. The maximum Gasteiger partial charge on any atom is 0.365 e. The van der Waals surface area contributed by atoms with Crippen LogP contribution in [0.4, 0.5) is 0 Å². The van der Waals surface area contributed by atoms with E-state index in [0.717, 1.165) is 38.5 Å². The van der Waals surface area contributed by atoms with Crippen molar-refractivity contribution in [3.63, 3.8) is 0 Å². The number of esters is 1. The third kappa shape index (κ3) is 4.93. The molecule has 0 aromatic carbocycles. The zero-order valence-electron chi connectivity index (χ0n) is 14.1. The van der Waals surface area contributed by atoms with Crippen molar-refractivity contribution in [2.75, 3.05) is 6.61 Å². The van der Waals surface area contributed by atoms with Crippen molar-refractivity contribution in [2.24, 2.45) is 0 Å². The molecule has 1 aliphatic heterocycles. The minimum absolute atomic E-state index is 0.0164. The molecule has 0 spiro atoms. The van der Waals surface area contributed by atoms with Gasteiger partial charge in [0, 0.05) is 13.0 Å². The number of rotatable bonds is 5. The van der Waals surface area contributed by atoms with Crippen molar-refractivity contribution >= 4 is 5.97 Å². The fraction of sp³-hybridized carbons (Fsp3) is 0.941. The van der Waals surface area contributed by atoms with E-state index >= 15 is 0 Å². The van der Waals surface area contributed by atoms with Gasteiger partial charge in [-0.3, -0.25) is 0 Å². The number of quaternary nitrogens is 1. The summed E-state index contributed by atoms with van der Waals surface area (Å²) in [5.74, 6) is -0.209. The molecule has 22 heavy (non-hydrogen) atoms. The van der Waals surface area contributed by atoms with Crippen molar-refractivity contribution in [1.82, 2.24) is 0 Å². The van der Waals surface area contributed by atoms with Crippen LogP contribution in [0.5, 0.6) is 0 Å². The van der Waals surface area contributed by atoms with Gasteiger partial charge in [0.05, 0.1) is 12.2 Å². The maximum atomic E-state index is 12.0. The maximum absolute atomic E-state index is 12.0. The van der Waals surface area contributed by atoms with Crippen molar-refractivity contribution in [3.05, 3.63) is 0 Å². The zero-order chi connectivity index (χ0) is 15.9. The van der Waals surface area contributed by atoms with Crippen LogP contribution in [0.3, 0.4) is 0 Å². The van der Waals surface area contributed by atoms with Crippen LogP contribution in [0, 0.1) is 0 Å². The molecule has 1 saturated heterocycles. The summed E-state index contributed by atoms with van der Waals surface area (Å²) in [5, 5.41) is 0. The van der Waals surface area contributed by atoms with Gasteiger partial charge in [0.15, 0.2) is 6.04 Å². The van der Waals surface area contributed by atoms with Crippen LogP contribution in [0.25, 0.3) is 0 Å². The number of ether oxygens (including phenoxy) is 3. The monoisotopic (exact) mass is 314 g/mol. The molecule has 3 N–H and O–H groups in total. The molecule has 0 unspecified atom stereocenters. The number of hydrogen-bond acceptors (Lipinski definition) is 4. The van der Waals surface area contributed by atoms with Crippen LogP contribution < -0.4 is 5.73 Å². The van der Waals surface area contributed by atoms with E-state index in [2.05, 4.69) is 12.7 Å². The molecular formula is C17H32NO4+. The second kappa shape index (κ2) is 8.85. The zero-order valence-corrected chi connectivity index (χ0v) is 14.1. The van der Waals surface area contributed by atoms with Gasteiger partial charge in [-0.05, 0) is 39.0 Å². The van der Waals surface area contributed by atoms with E-state index in [9.17, 15) is 4.79 Å². The van der Waals surface area contributed by atoms with Crippen LogP contribution in [0.15, 0.2) is 0 Å². The highest BCUT2D eigenvalue weighted by Gasteiger charge is 2.36. The molecule has 1 saturated carbocycles. The van der Waals surface area contributed by atoms with Crippen molar-refractivity contribution in [3.8, 4) is 0 Å². The second-order valence-electron chi connectivity index (χ2n) is 6.69. The van der Waals surface area contributed by atoms with Crippen molar-refractivity contribution < 1.29 is 24.7 Å². The highest BCUT2D eigenvalue weighted by atomic mass is 16.6. The Morgan fingerprint density at radius 1 is 1.18 bits per heavy atom. The molecule has 5 nitrogen and oxygen atoms in total. The van der Waals surface area contributed by atoms with Gasteiger partial charge in [0.2, 0.25) is 0 Å². The number of hydrogen-bond donors (Lipinski definition) is 1. The Kier molecular flexibility index (Phi) is 7.12. The van der Waals surface area contributed by atoms with E-state index in [4.69, 9.17) is 14.2 Å². The Bertz CT molecular complexity index is 344. The first-order valence-electron chi connectivity index (χ1n) is 8.92. The Labute approximate surface area is 133 Å². The molecule has 2 rings (SSSR count). The SMILES string of the molecule is CCCO[C@H]1[C@H](C)OC(=O)[C@@H]([NH3+])CCC[C@@H]1OC1CCCC1. The highest BCUT2D eigenvalue weighted by Crippen LogP contribution is 2.27. The predicted molar refractivity (Wildman–Crippen MR) is 83.2 cm³/mol. The molecule has 0 amide bonds. The van der Waals surface area contributed by atoms with Gasteiger partial charge in [0.25, 0.3) is 0 Å². The van der Waals surface area contributed by atoms with Crippen LogP contribution >= 0.6 is 0 Å². The van der Waals surface area contributed by atoms with Crippen molar-refractivity contribution in [1.29, 1.82) is 0 Å². The third-order valence-electron chi connectivity index (χ3n) is 4.69. The van der Waals surface area contributed by atoms with Gasteiger partial charge in [-0.25, -0.2) is 4.79 Å². The fourth-order valence-corrected chi connectivity index (χ4v) is 3.41. The lowest BCUT2D eigenvalue weighted by Gasteiger charge is -2.32. The van der Waals surface area contributed by atoms with Crippen LogP contribution in [0.2, 0.25) is 0 Å². The lowest BCUT2D eigenvalue weighted by Crippen LogP contribution is -2.65. The van der Waals surface area contributed by atoms with E-state index in [1.54, 1.807) is 0 Å². The Morgan fingerprint density at radius 3 is 2.59 bits per heavy atom. The van der Waals surface area contributed by atoms with Gasteiger partial charge in [-0.2, -0.15) is 0 Å². The largest absolute Gasteiger partial charge is 0.455 e. The topological polar surface area (TPSA) is 72.4 Å². The number of carbonyl (C=O) groups is 1. The summed E-state index contributed by atoms with van der Waals surface area (Å²) in [4.78, 5) is 12.0. The smallest absolute Gasteiger partial charge is 0.365 e. The first-order chi connectivity index (χ1) is 10.6. The summed E-state index contributed by atoms with van der Waals surface area (Å²) in [5.41, 5.74) is 3.92. The average molecular weight is 314 g/mol. The fourth-order valence-electron chi connectivity index (χ4n) is 3.41. The average Bonchev–Trinajstić information content (AvgIpc) is 3.00. The summed E-state index contributed by atoms with van der Waals surface area (Å²) in [7, 11) is 0. The first kappa shape index (κ1) is 17.7. The van der Waals surface area contributed by atoms with Crippen LogP contribution in [-0.4, -0.2) is 43.0 Å². The van der Waals surface area contributed by atoms with E-state index in [-0.39, 0.29) is 30.3 Å². The van der Waals surface area contributed by atoms with Gasteiger partial charge in [-0.1, -0.05) is 19.8 Å². The minimum atomic E-state index is -0.284. The molecule has 1 aliphatic carbocycles. The summed E-state index contributed by atoms with van der Waals surface area (Å²) in [6.07, 6.45) is 8.25. The van der Waals surface area contributed by atoms with E-state index in [0.29, 0.717) is 12.7 Å². The first-order valence-corrected chi connectivity index (χ1v) is 8.92. The molecule has 0 bridgehead atoms. The highest BCUT2D eigenvalue weighted by molar-refractivity contribution is 5.74. The van der Waals surface area contributed by atoms with Crippen LogP contribution in [0.1, 0.15) is 65.2 Å². The molecule has 0 aromatic rings. The van der Waals surface area contributed by atoms with E-state index in [1.165, 1.54) is 12.8 Å². The lowest BCUT2D eigenvalue weighted by molar-refractivity contribution is -0.410. The molecule has 128 valence electrons. The Balaban J connectivity index is 2.06. The molecule has 5 heteroatoms. The minimum Gasteiger partial charge on any atom is -0.455 e. The molecule has 0 radical (unpaired) electrons. The van der Waals surface area contributed by atoms with Gasteiger partial charge >= 0.3 is 5.97 Å². The standard InChI is InChI=1S/C17H31NO4/c1-3-11-20-16-12(2)21-17(19)14(18)9-6-10-15(16)22-13-7-4-5-8-13/h12-16H,3-11,18H2,1-2H3/p+1/t12-,14-,15-,16-/m0/s1. The number of carbonyl (C=O) groups excluding carboxylic acids is 1. The van der Waals surface area contributed by atoms with Gasteiger partial charge in [-0.15, -0.1) is 0 Å². The summed E-state index contributed by atoms with van der Waals surface area (Å²) in [6, 6.07) is -0.278. The van der Waals surface area contributed by atoms with Gasteiger partial charge in [0.1, 0.15) is 12.2 Å². The second-order valence-corrected chi connectivity index (χ2v) is 6.69. The molecule has 2 aliphatic rings. The lowest BCUT2D eigenvalue weighted by atomic mass is 10.0. The quantitative estimate of drug-likeness (QED) is 0.786. The predicted octanol–water partition coefficient (Wildman–Crippen LogP) is 1.84. The normalized spacial score (nSPS) is 34.8. The van der Waals surface area contributed by atoms with Crippen LogP contribution in [-0.2, 0) is 19.0 Å². The number of cyclic esters (lactones) is 1. The molecule has 1 heterocycles. The van der Waals surface area contributed by atoms with Crippen molar-refractivity contribution in [2.45, 2.75) is 95.7 Å². The Morgan fingerprint density at radius 2 is 1.91 bits per heavy atom. The summed E-state index contributed by atoms with van der Waals surface area (Å²) >= 11 is 0. The van der Waals surface area contributed by atoms with Gasteiger partial charge < -0.3 is 19.9 Å². The molecule has 2 fully saturated rings. The summed E-state index contributed by atoms with van der Waals surface area (Å²) < 4.78 is 18.0. The Hall–Kier alpha value is -0.650. The third-order valence-corrected chi connectivity index (χ3v) is 4.69. The van der Waals surface area contributed by atoms with E-state index in [1.807, 2.05) is 6.92 Å². The van der Waals surface area contributed by atoms with E-state index < -0.39 is 0 Å². The molecular weight excluding hydrogens is 282 g/mol.